The molecule has 0 radical (unpaired) electrons. The molecule has 0 fully saturated rings. The average Bonchev–Trinajstić information content (AvgIpc) is 2.80. The summed E-state index contributed by atoms with van der Waals surface area (Å²) >= 11 is 0. The second-order valence-corrected chi connectivity index (χ2v) is 3.85. The standard InChI is InChI=1S/C11H18N4O2/c1-9(2)6-17-5-4-13-11(16)10(3)15-8-12-7-14-15/h7-8,10H,1,4-6H2,2-3H3,(H,13,16). The molecule has 0 spiro atoms. The lowest BCUT2D eigenvalue weighted by molar-refractivity contribution is -0.124. The van der Waals surface area contributed by atoms with Crippen LogP contribution in [0.25, 0.3) is 0 Å². The van der Waals surface area contributed by atoms with Gasteiger partial charge in [0.1, 0.15) is 18.7 Å². The quantitative estimate of drug-likeness (QED) is 0.556. The maximum absolute atomic E-state index is 11.7. The summed E-state index contributed by atoms with van der Waals surface area (Å²) in [6.07, 6.45) is 2.92. The second-order valence-electron chi connectivity index (χ2n) is 3.85. The number of hydrogen-bond acceptors (Lipinski definition) is 4. The molecule has 1 unspecified atom stereocenters. The Labute approximate surface area is 101 Å². The van der Waals surface area contributed by atoms with Crippen molar-refractivity contribution in [3.05, 3.63) is 24.8 Å². The lowest BCUT2D eigenvalue weighted by Crippen LogP contribution is -2.33. The maximum atomic E-state index is 11.7. The van der Waals surface area contributed by atoms with Crippen LogP contribution >= 0.6 is 0 Å². The number of amides is 1. The van der Waals surface area contributed by atoms with Crippen LogP contribution in [0.2, 0.25) is 0 Å². The maximum Gasteiger partial charge on any atom is 0.244 e. The van der Waals surface area contributed by atoms with Crippen molar-refractivity contribution in [1.29, 1.82) is 0 Å². The molecule has 1 N–H and O–H groups in total. The van der Waals surface area contributed by atoms with Crippen LogP contribution in [-0.2, 0) is 9.53 Å². The summed E-state index contributed by atoms with van der Waals surface area (Å²) in [7, 11) is 0. The molecule has 6 nitrogen and oxygen atoms in total. The number of aromatic nitrogens is 3. The average molecular weight is 238 g/mol. The summed E-state index contributed by atoms with van der Waals surface area (Å²) < 4.78 is 6.77. The van der Waals surface area contributed by atoms with E-state index in [4.69, 9.17) is 4.74 Å². The van der Waals surface area contributed by atoms with Gasteiger partial charge >= 0.3 is 0 Å². The van der Waals surface area contributed by atoms with E-state index in [9.17, 15) is 4.79 Å². The first-order valence-corrected chi connectivity index (χ1v) is 5.45. The van der Waals surface area contributed by atoms with Gasteiger partial charge in [0.15, 0.2) is 0 Å². The minimum absolute atomic E-state index is 0.102. The van der Waals surface area contributed by atoms with Gasteiger partial charge in [-0.15, -0.1) is 0 Å². The molecule has 0 aromatic carbocycles. The van der Waals surface area contributed by atoms with Gasteiger partial charge in [-0.3, -0.25) is 4.79 Å². The molecule has 0 aliphatic carbocycles. The number of carbonyl (C=O) groups excluding carboxylic acids is 1. The number of nitrogens with zero attached hydrogens (tertiary/aromatic N) is 3. The highest BCUT2D eigenvalue weighted by atomic mass is 16.5. The van der Waals surface area contributed by atoms with Gasteiger partial charge < -0.3 is 10.1 Å². The third kappa shape index (κ3) is 4.78. The van der Waals surface area contributed by atoms with Crippen molar-refractivity contribution >= 4 is 5.91 Å². The van der Waals surface area contributed by atoms with Crippen molar-refractivity contribution in [3.63, 3.8) is 0 Å². The van der Waals surface area contributed by atoms with E-state index in [1.54, 1.807) is 6.92 Å². The Morgan fingerprint density at radius 1 is 1.65 bits per heavy atom. The molecule has 6 heteroatoms. The third-order valence-corrected chi connectivity index (χ3v) is 2.11. The Balaban J connectivity index is 2.19. The van der Waals surface area contributed by atoms with Crippen LogP contribution in [0.3, 0.4) is 0 Å². The van der Waals surface area contributed by atoms with Crippen molar-refractivity contribution in [3.8, 4) is 0 Å². The van der Waals surface area contributed by atoms with E-state index in [2.05, 4.69) is 22.0 Å². The van der Waals surface area contributed by atoms with Crippen LogP contribution in [0.1, 0.15) is 19.9 Å². The summed E-state index contributed by atoms with van der Waals surface area (Å²) in [5, 5.41) is 6.67. The van der Waals surface area contributed by atoms with E-state index in [-0.39, 0.29) is 11.9 Å². The molecule has 94 valence electrons. The van der Waals surface area contributed by atoms with Gasteiger partial charge in [-0.05, 0) is 13.8 Å². The predicted molar refractivity (Wildman–Crippen MR) is 63.4 cm³/mol. The molecule has 1 atom stereocenters. The van der Waals surface area contributed by atoms with Gasteiger partial charge in [0.05, 0.1) is 13.2 Å². The van der Waals surface area contributed by atoms with Gasteiger partial charge in [-0.1, -0.05) is 12.2 Å². The van der Waals surface area contributed by atoms with Gasteiger partial charge in [-0.2, -0.15) is 5.10 Å². The Kier molecular flexibility index (Phi) is 5.35. The highest BCUT2D eigenvalue weighted by Gasteiger charge is 2.14. The zero-order chi connectivity index (χ0) is 12.7. The van der Waals surface area contributed by atoms with Crippen molar-refractivity contribution in [2.45, 2.75) is 19.9 Å². The minimum Gasteiger partial charge on any atom is -0.375 e. The summed E-state index contributed by atoms with van der Waals surface area (Å²) in [5.41, 5.74) is 0.965. The molecule has 0 saturated carbocycles. The lowest BCUT2D eigenvalue weighted by Gasteiger charge is -2.12. The lowest BCUT2D eigenvalue weighted by atomic mass is 10.3. The minimum atomic E-state index is -0.362. The molecule has 0 saturated heterocycles. The summed E-state index contributed by atoms with van der Waals surface area (Å²) in [4.78, 5) is 15.5. The van der Waals surface area contributed by atoms with Gasteiger partial charge in [0.25, 0.3) is 0 Å². The highest BCUT2D eigenvalue weighted by molar-refractivity contribution is 5.79. The van der Waals surface area contributed by atoms with Gasteiger partial charge in [0, 0.05) is 6.54 Å². The largest absolute Gasteiger partial charge is 0.375 e. The fourth-order valence-corrected chi connectivity index (χ4v) is 1.18. The molecule has 0 aliphatic rings. The van der Waals surface area contributed by atoms with Crippen LogP contribution in [0, 0.1) is 0 Å². The van der Waals surface area contributed by atoms with Crippen LogP contribution in [0.5, 0.6) is 0 Å². The Hall–Kier alpha value is -1.69. The number of hydrogen-bond donors (Lipinski definition) is 1. The number of nitrogens with one attached hydrogen (secondary N) is 1. The van der Waals surface area contributed by atoms with Crippen LogP contribution in [0.4, 0.5) is 0 Å². The van der Waals surface area contributed by atoms with Crippen molar-refractivity contribution in [2.24, 2.45) is 0 Å². The molecule has 1 aromatic heterocycles. The molecule has 1 aromatic rings. The summed E-state index contributed by atoms with van der Waals surface area (Å²) in [6.45, 7) is 8.85. The molecule has 17 heavy (non-hydrogen) atoms. The predicted octanol–water partition coefficient (Wildman–Crippen LogP) is 0.548. The van der Waals surface area contributed by atoms with E-state index in [1.807, 2.05) is 6.92 Å². The van der Waals surface area contributed by atoms with E-state index in [1.165, 1.54) is 17.3 Å². The van der Waals surface area contributed by atoms with Crippen LogP contribution in [0.15, 0.2) is 24.8 Å². The zero-order valence-corrected chi connectivity index (χ0v) is 10.2. The monoisotopic (exact) mass is 238 g/mol. The van der Waals surface area contributed by atoms with Gasteiger partial charge in [-0.25, -0.2) is 9.67 Å². The number of ether oxygens (including phenoxy) is 1. The Bertz CT molecular complexity index is 362. The zero-order valence-electron chi connectivity index (χ0n) is 10.2. The van der Waals surface area contributed by atoms with Gasteiger partial charge in [0.2, 0.25) is 5.91 Å². The van der Waals surface area contributed by atoms with Crippen LogP contribution < -0.4 is 5.32 Å². The molecular formula is C11H18N4O2. The second kappa shape index (κ2) is 6.80. The molecule has 1 amide bonds. The van der Waals surface area contributed by atoms with E-state index < -0.39 is 0 Å². The first-order valence-electron chi connectivity index (χ1n) is 5.45. The van der Waals surface area contributed by atoms with E-state index in [0.29, 0.717) is 19.8 Å². The molecule has 1 rings (SSSR count). The SMILES string of the molecule is C=C(C)COCCNC(=O)C(C)n1cncn1. The molecular weight excluding hydrogens is 220 g/mol. The molecule has 0 bridgehead atoms. The van der Waals surface area contributed by atoms with Crippen molar-refractivity contribution < 1.29 is 9.53 Å². The molecule has 0 aliphatic heterocycles. The van der Waals surface area contributed by atoms with E-state index >= 15 is 0 Å². The molecule has 1 heterocycles. The Morgan fingerprint density at radius 2 is 2.41 bits per heavy atom. The van der Waals surface area contributed by atoms with E-state index in [0.717, 1.165) is 5.57 Å². The van der Waals surface area contributed by atoms with Crippen molar-refractivity contribution in [1.82, 2.24) is 20.1 Å². The normalized spacial score (nSPS) is 12.1. The smallest absolute Gasteiger partial charge is 0.244 e. The fraction of sp³-hybridized carbons (Fsp3) is 0.545. The van der Waals surface area contributed by atoms with Crippen LogP contribution in [-0.4, -0.2) is 40.4 Å². The highest BCUT2D eigenvalue weighted by Crippen LogP contribution is 2.00. The fourth-order valence-electron chi connectivity index (χ4n) is 1.18. The summed E-state index contributed by atoms with van der Waals surface area (Å²) in [5.74, 6) is -0.102. The summed E-state index contributed by atoms with van der Waals surface area (Å²) in [6, 6.07) is -0.362. The number of rotatable bonds is 7. The third-order valence-electron chi connectivity index (χ3n) is 2.11. The first-order chi connectivity index (χ1) is 8.11. The topological polar surface area (TPSA) is 69.0 Å². The van der Waals surface area contributed by atoms with Crippen molar-refractivity contribution in [2.75, 3.05) is 19.8 Å². The Morgan fingerprint density at radius 3 is 3.00 bits per heavy atom. The number of carbonyl (C=O) groups is 1. The first kappa shape index (κ1) is 13.4.